The number of benzene rings is 2. The standard InChI is InChI=1S/C20H14Cl2N2O5/c1-29-18(27)15-16(25)23-19(28)20(15)12-5-3-2-4-11(12)17(26)24(20)9-10-6-7-13(21)14(22)8-10/h2-8,15H,9H2,1H3,(H,23,25,28). The van der Waals surface area contributed by atoms with Crippen molar-refractivity contribution in [2.45, 2.75) is 12.1 Å². The molecule has 0 radical (unpaired) electrons. The second kappa shape index (κ2) is 6.86. The van der Waals surface area contributed by atoms with Crippen molar-refractivity contribution in [3.63, 3.8) is 0 Å². The number of imide groups is 1. The van der Waals surface area contributed by atoms with Crippen LogP contribution in [0.15, 0.2) is 42.5 Å². The molecule has 1 spiro atoms. The van der Waals surface area contributed by atoms with Crippen molar-refractivity contribution < 1.29 is 23.9 Å². The molecule has 2 aromatic carbocycles. The molecule has 1 fully saturated rings. The minimum absolute atomic E-state index is 0.0708. The van der Waals surface area contributed by atoms with Crippen LogP contribution in [0.4, 0.5) is 0 Å². The molecule has 1 N–H and O–H groups in total. The third-order valence-corrected chi connectivity index (χ3v) is 6.00. The molecule has 2 aromatic rings. The number of hydrogen-bond acceptors (Lipinski definition) is 5. The van der Waals surface area contributed by atoms with E-state index >= 15 is 0 Å². The summed E-state index contributed by atoms with van der Waals surface area (Å²) in [5, 5.41) is 2.81. The summed E-state index contributed by atoms with van der Waals surface area (Å²) in [6.45, 7) is -0.0708. The molecule has 9 heteroatoms. The van der Waals surface area contributed by atoms with Gasteiger partial charge in [0.1, 0.15) is 0 Å². The molecule has 0 bridgehead atoms. The molecule has 0 aliphatic carbocycles. The Kier molecular flexibility index (Phi) is 4.59. The van der Waals surface area contributed by atoms with E-state index in [1.165, 1.54) is 4.90 Å². The van der Waals surface area contributed by atoms with Crippen LogP contribution in [0.3, 0.4) is 0 Å². The summed E-state index contributed by atoms with van der Waals surface area (Å²) in [6, 6.07) is 11.2. The van der Waals surface area contributed by atoms with Crippen LogP contribution >= 0.6 is 23.2 Å². The van der Waals surface area contributed by atoms with E-state index in [1.807, 2.05) is 0 Å². The lowest BCUT2D eigenvalue weighted by molar-refractivity contribution is -0.155. The molecule has 148 valence electrons. The van der Waals surface area contributed by atoms with Crippen LogP contribution < -0.4 is 5.32 Å². The molecule has 2 aliphatic heterocycles. The Morgan fingerprint density at radius 3 is 2.55 bits per heavy atom. The number of amides is 3. The van der Waals surface area contributed by atoms with Crippen molar-refractivity contribution in [1.82, 2.24) is 10.2 Å². The number of rotatable bonds is 3. The van der Waals surface area contributed by atoms with E-state index in [0.717, 1.165) is 7.11 Å². The number of fused-ring (bicyclic) bond motifs is 2. The normalized spacial score (nSPS) is 22.8. The molecule has 0 aromatic heterocycles. The summed E-state index contributed by atoms with van der Waals surface area (Å²) >= 11 is 12.0. The SMILES string of the molecule is COC(=O)C1C(=O)NC(=O)C12c1ccccc1C(=O)N2Cc1ccc(Cl)c(Cl)c1. The summed E-state index contributed by atoms with van der Waals surface area (Å²) in [5.41, 5.74) is -0.741. The summed E-state index contributed by atoms with van der Waals surface area (Å²) < 4.78 is 4.79. The minimum Gasteiger partial charge on any atom is -0.468 e. The average molecular weight is 433 g/mol. The van der Waals surface area contributed by atoms with E-state index in [-0.39, 0.29) is 22.7 Å². The topological polar surface area (TPSA) is 92.8 Å². The van der Waals surface area contributed by atoms with Crippen molar-refractivity contribution in [1.29, 1.82) is 0 Å². The molecular weight excluding hydrogens is 419 g/mol. The van der Waals surface area contributed by atoms with Crippen molar-refractivity contribution in [3.8, 4) is 0 Å². The van der Waals surface area contributed by atoms with Gasteiger partial charge in [-0.05, 0) is 23.8 Å². The number of ether oxygens (including phenoxy) is 1. The Bertz CT molecular complexity index is 1090. The molecule has 1 saturated heterocycles. The number of halogens is 2. The molecule has 2 heterocycles. The Morgan fingerprint density at radius 1 is 1.14 bits per heavy atom. The van der Waals surface area contributed by atoms with Crippen molar-refractivity contribution >= 4 is 46.9 Å². The highest BCUT2D eigenvalue weighted by molar-refractivity contribution is 6.42. The quantitative estimate of drug-likeness (QED) is 0.456. The largest absolute Gasteiger partial charge is 0.468 e. The fourth-order valence-electron chi connectivity index (χ4n) is 4.02. The maximum atomic E-state index is 13.2. The Morgan fingerprint density at radius 2 is 1.86 bits per heavy atom. The van der Waals surface area contributed by atoms with Gasteiger partial charge in [0.25, 0.3) is 11.8 Å². The molecule has 2 aliphatic rings. The van der Waals surface area contributed by atoms with Gasteiger partial charge in [0.05, 0.1) is 17.2 Å². The van der Waals surface area contributed by atoms with Crippen LogP contribution in [0.2, 0.25) is 10.0 Å². The number of esters is 1. The molecule has 2 atom stereocenters. The van der Waals surface area contributed by atoms with Gasteiger partial charge in [-0.3, -0.25) is 24.5 Å². The lowest BCUT2D eigenvalue weighted by Crippen LogP contribution is -2.54. The van der Waals surface area contributed by atoms with Gasteiger partial charge < -0.3 is 9.64 Å². The maximum Gasteiger partial charge on any atom is 0.321 e. The number of nitrogens with zero attached hydrogens (tertiary/aromatic N) is 1. The van der Waals surface area contributed by atoms with Crippen molar-refractivity contribution in [2.24, 2.45) is 5.92 Å². The average Bonchev–Trinajstić information content (AvgIpc) is 3.11. The molecule has 29 heavy (non-hydrogen) atoms. The second-order valence-corrected chi connectivity index (χ2v) is 7.54. The zero-order valence-electron chi connectivity index (χ0n) is 15.1. The van der Waals surface area contributed by atoms with Crippen molar-refractivity contribution in [3.05, 3.63) is 69.2 Å². The minimum atomic E-state index is -1.84. The van der Waals surface area contributed by atoms with Gasteiger partial charge in [-0.1, -0.05) is 47.5 Å². The summed E-state index contributed by atoms with van der Waals surface area (Å²) in [7, 11) is 1.12. The molecular formula is C20H14Cl2N2O5. The lowest BCUT2D eigenvalue weighted by Gasteiger charge is -2.36. The zero-order valence-corrected chi connectivity index (χ0v) is 16.6. The number of hydrogen-bond donors (Lipinski definition) is 1. The van der Waals surface area contributed by atoms with Crippen LogP contribution in [-0.4, -0.2) is 35.7 Å². The van der Waals surface area contributed by atoms with Crippen molar-refractivity contribution in [2.75, 3.05) is 7.11 Å². The number of carbonyl (C=O) groups is 4. The van der Waals surface area contributed by atoms with E-state index in [0.29, 0.717) is 10.6 Å². The number of carbonyl (C=O) groups excluding carboxylic acids is 4. The monoisotopic (exact) mass is 432 g/mol. The van der Waals surface area contributed by atoms with Gasteiger partial charge in [-0.2, -0.15) is 0 Å². The Balaban J connectivity index is 1.92. The predicted molar refractivity (Wildman–Crippen MR) is 103 cm³/mol. The van der Waals surface area contributed by atoms with Crippen LogP contribution in [0, 0.1) is 5.92 Å². The first-order valence-corrected chi connectivity index (χ1v) is 9.36. The Labute approximate surface area is 175 Å². The van der Waals surface area contributed by atoms with E-state index in [2.05, 4.69) is 5.32 Å². The van der Waals surface area contributed by atoms with Gasteiger partial charge >= 0.3 is 5.97 Å². The smallest absolute Gasteiger partial charge is 0.321 e. The lowest BCUT2D eigenvalue weighted by atomic mass is 9.79. The third kappa shape index (κ3) is 2.65. The molecule has 0 saturated carbocycles. The summed E-state index contributed by atoms with van der Waals surface area (Å²) in [4.78, 5) is 52.6. The highest BCUT2D eigenvalue weighted by atomic mass is 35.5. The third-order valence-electron chi connectivity index (χ3n) is 5.26. The molecule has 7 nitrogen and oxygen atoms in total. The maximum absolute atomic E-state index is 13.2. The summed E-state index contributed by atoms with van der Waals surface area (Å²) in [6.07, 6.45) is 0. The number of methoxy groups -OCH3 is 1. The highest BCUT2D eigenvalue weighted by Crippen LogP contribution is 2.48. The number of nitrogens with one attached hydrogen (secondary N) is 1. The van der Waals surface area contributed by atoms with E-state index in [1.54, 1.807) is 42.5 Å². The van der Waals surface area contributed by atoms with Gasteiger partial charge in [-0.25, -0.2) is 0 Å². The molecule has 4 rings (SSSR count). The Hall–Kier alpha value is -2.90. The van der Waals surface area contributed by atoms with E-state index < -0.39 is 35.1 Å². The molecule has 2 unspecified atom stereocenters. The fourth-order valence-corrected chi connectivity index (χ4v) is 4.34. The second-order valence-electron chi connectivity index (χ2n) is 6.73. The predicted octanol–water partition coefficient (Wildman–Crippen LogP) is 2.29. The van der Waals surface area contributed by atoms with Gasteiger partial charge in [0.15, 0.2) is 11.5 Å². The van der Waals surface area contributed by atoms with Crippen LogP contribution in [0.5, 0.6) is 0 Å². The van der Waals surface area contributed by atoms with Crippen LogP contribution in [0.25, 0.3) is 0 Å². The van der Waals surface area contributed by atoms with Crippen LogP contribution in [-0.2, 0) is 31.2 Å². The molecule has 3 amide bonds. The summed E-state index contributed by atoms with van der Waals surface area (Å²) in [5.74, 6) is -4.49. The fraction of sp³-hybridized carbons (Fsp3) is 0.200. The highest BCUT2D eigenvalue weighted by Gasteiger charge is 2.68. The van der Waals surface area contributed by atoms with E-state index in [9.17, 15) is 19.2 Å². The first kappa shape index (κ1) is 19.4. The van der Waals surface area contributed by atoms with Gasteiger partial charge in [-0.15, -0.1) is 0 Å². The van der Waals surface area contributed by atoms with E-state index in [4.69, 9.17) is 27.9 Å². The van der Waals surface area contributed by atoms with Gasteiger partial charge in [0, 0.05) is 17.7 Å². The first-order chi connectivity index (χ1) is 13.8. The first-order valence-electron chi connectivity index (χ1n) is 8.61. The zero-order chi connectivity index (χ0) is 20.9. The van der Waals surface area contributed by atoms with Crippen LogP contribution in [0.1, 0.15) is 21.5 Å². The van der Waals surface area contributed by atoms with Gasteiger partial charge in [0.2, 0.25) is 5.91 Å².